The predicted molar refractivity (Wildman–Crippen MR) is 137 cm³/mol. The van der Waals surface area contributed by atoms with E-state index in [1.54, 1.807) is 19.5 Å². The molecule has 0 amide bonds. The third-order valence-corrected chi connectivity index (χ3v) is 5.84. The number of nitrogens with one attached hydrogen (secondary N) is 1. The van der Waals surface area contributed by atoms with Crippen molar-refractivity contribution in [3.05, 3.63) is 118 Å². The topological polar surface area (TPSA) is 68.1 Å². The zero-order valence-corrected chi connectivity index (χ0v) is 20.0. The Hall–Kier alpha value is -3.97. The molecule has 0 atom stereocenters. The highest BCUT2D eigenvalue weighted by Gasteiger charge is 2.19. The van der Waals surface area contributed by atoms with Gasteiger partial charge in [0, 0.05) is 33.6 Å². The maximum atomic E-state index is 6.03. The smallest absolute Gasteiger partial charge is 0.161 e. The first-order chi connectivity index (χ1) is 16.7. The molecule has 1 aliphatic rings. The summed E-state index contributed by atoms with van der Waals surface area (Å²) in [6, 6.07) is 25.6. The Morgan fingerprint density at radius 2 is 1.68 bits per heavy atom. The summed E-state index contributed by atoms with van der Waals surface area (Å²) in [6.07, 6.45) is 3.47. The van der Waals surface area contributed by atoms with Crippen molar-refractivity contribution in [2.45, 2.75) is 6.61 Å². The molecule has 3 aromatic carbocycles. The summed E-state index contributed by atoms with van der Waals surface area (Å²) in [5.41, 5.74) is 8.45. The minimum atomic E-state index is 0.456. The van der Waals surface area contributed by atoms with E-state index in [0.717, 1.165) is 38.1 Å². The molecule has 7 heteroatoms. The third kappa shape index (κ3) is 4.70. The van der Waals surface area contributed by atoms with Gasteiger partial charge in [0.1, 0.15) is 12.3 Å². The highest BCUT2D eigenvalue weighted by molar-refractivity contribution is 9.10. The maximum absolute atomic E-state index is 6.03. The van der Waals surface area contributed by atoms with Crippen molar-refractivity contribution < 1.29 is 9.47 Å². The van der Waals surface area contributed by atoms with Crippen LogP contribution in [0.25, 0.3) is 0 Å². The second kappa shape index (κ2) is 9.89. The number of aliphatic imine (C=N–C) groups is 1. The van der Waals surface area contributed by atoms with Gasteiger partial charge in [0.05, 0.1) is 12.8 Å². The van der Waals surface area contributed by atoms with E-state index < -0.39 is 0 Å². The lowest BCUT2D eigenvalue weighted by Crippen LogP contribution is -2.19. The molecular formula is C27H21BrN4O2. The molecule has 0 unspecified atom stereocenters. The minimum Gasteiger partial charge on any atom is -0.493 e. The first-order valence-corrected chi connectivity index (χ1v) is 11.5. The van der Waals surface area contributed by atoms with Gasteiger partial charge in [0.25, 0.3) is 0 Å². The average molecular weight is 513 g/mol. The number of aromatic nitrogens is 1. The van der Waals surface area contributed by atoms with E-state index in [4.69, 9.17) is 19.6 Å². The normalized spacial score (nSPS) is 12.5. The first kappa shape index (κ1) is 21.9. The molecule has 0 aliphatic carbocycles. The summed E-state index contributed by atoms with van der Waals surface area (Å²) in [7, 11) is 1.64. The van der Waals surface area contributed by atoms with Gasteiger partial charge in [0.15, 0.2) is 17.3 Å². The number of amidine groups is 1. The summed E-state index contributed by atoms with van der Waals surface area (Å²) >= 11 is 3.58. The number of hydrogen-bond acceptors (Lipinski definition) is 6. The summed E-state index contributed by atoms with van der Waals surface area (Å²) in [5, 5.41) is 4.73. The average Bonchev–Trinajstić information content (AvgIpc) is 3.08. The van der Waals surface area contributed by atoms with Crippen LogP contribution in [0.5, 0.6) is 11.5 Å². The van der Waals surface area contributed by atoms with E-state index in [-0.39, 0.29) is 0 Å². The molecular weight excluding hydrogens is 492 g/mol. The molecule has 2 heterocycles. The van der Waals surface area contributed by atoms with Crippen LogP contribution in [-0.2, 0) is 6.61 Å². The number of methoxy groups -OCH3 is 1. The summed E-state index contributed by atoms with van der Waals surface area (Å²) in [4.78, 5) is 8.93. The number of pyridine rings is 1. The van der Waals surface area contributed by atoms with E-state index in [1.165, 1.54) is 0 Å². The van der Waals surface area contributed by atoms with Crippen LogP contribution in [0.4, 0.5) is 5.69 Å². The number of halogens is 1. The molecule has 0 spiro atoms. The van der Waals surface area contributed by atoms with Gasteiger partial charge < -0.3 is 9.47 Å². The summed E-state index contributed by atoms with van der Waals surface area (Å²) in [6.45, 7) is 0.456. The van der Waals surface area contributed by atoms with E-state index in [1.807, 2.05) is 78.9 Å². The second-order valence-corrected chi connectivity index (χ2v) is 8.49. The van der Waals surface area contributed by atoms with Gasteiger partial charge in [-0.1, -0.05) is 46.3 Å². The van der Waals surface area contributed by atoms with Gasteiger partial charge in [-0.3, -0.25) is 10.4 Å². The Morgan fingerprint density at radius 1 is 0.853 bits per heavy atom. The maximum Gasteiger partial charge on any atom is 0.161 e. The Morgan fingerprint density at radius 3 is 2.47 bits per heavy atom. The van der Waals surface area contributed by atoms with Crippen molar-refractivity contribution in [2.24, 2.45) is 10.1 Å². The van der Waals surface area contributed by atoms with Gasteiger partial charge in [-0.15, -0.1) is 0 Å². The summed E-state index contributed by atoms with van der Waals surface area (Å²) < 4.78 is 12.6. The van der Waals surface area contributed by atoms with Crippen LogP contribution in [0.2, 0.25) is 0 Å². The number of nitrogens with zero attached hydrogens (tertiary/aromatic N) is 3. The van der Waals surface area contributed by atoms with Crippen LogP contribution < -0.4 is 14.9 Å². The SMILES string of the molecule is COc1cc(C2=NNC(c3ccncc3)=Nc3ccc(Br)cc32)ccc1OCc1ccccc1. The highest BCUT2D eigenvalue weighted by Crippen LogP contribution is 2.33. The molecule has 1 aromatic heterocycles. The van der Waals surface area contributed by atoms with Crippen molar-refractivity contribution in [3.8, 4) is 11.5 Å². The van der Waals surface area contributed by atoms with Crippen molar-refractivity contribution in [3.63, 3.8) is 0 Å². The number of rotatable bonds is 6. The van der Waals surface area contributed by atoms with Crippen LogP contribution in [0.1, 0.15) is 22.3 Å². The molecule has 0 saturated carbocycles. The molecule has 0 bridgehead atoms. The van der Waals surface area contributed by atoms with Crippen molar-refractivity contribution >= 4 is 33.2 Å². The van der Waals surface area contributed by atoms with E-state index in [2.05, 4.69) is 26.3 Å². The van der Waals surface area contributed by atoms with Crippen molar-refractivity contribution in [2.75, 3.05) is 7.11 Å². The van der Waals surface area contributed by atoms with Crippen LogP contribution in [-0.4, -0.2) is 23.6 Å². The van der Waals surface area contributed by atoms with E-state index in [0.29, 0.717) is 23.9 Å². The van der Waals surface area contributed by atoms with Crippen LogP contribution in [0, 0.1) is 0 Å². The highest BCUT2D eigenvalue weighted by atomic mass is 79.9. The van der Waals surface area contributed by atoms with Crippen molar-refractivity contribution in [1.29, 1.82) is 0 Å². The van der Waals surface area contributed by atoms with E-state index in [9.17, 15) is 0 Å². The molecule has 4 aromatic rings. The van der Waals surface area contributed by atoms with Gasteiger partial charge in [0.2, 0.25) is 0 Å². The fourth-order valence-electron chi connectivity index (χ4n) is 3.64. The molecule has 34 heavy (non-hydrogen) atoms. The van der Waals surface area contributed by atoms with Gasteiger partial charge in [-0.2, -0.15) is 5.10 Å². The molecule has 5 rings (SSSR count). The monoisotopic (exact) mass is 512 g/mol. The Kier molecular flexibility index (Phi) is 6.35. The largest absolute Gasteiger partial charge is 0.493 e. The molecule has 0 fully saturated rings. The molecule has 0 saturated heterocycles. The third-order valence-electron chi connectivity index (χ3n) is 5.35. The molecule has 6 nitrogen and oxygen atoms in total. The van der Waals surface area contributed by atoms with Gasteiger partial charge in [-0.05, 0) is 54.1 Å². The lowest BCUT2D eigenvalue weighted by Gasteiger charge is -2.14. The number of fused-ring (bicyclic) bond motifs is 1. The van der Waals surface area contributed by atoms with Crippen LogP contribution in [0.3, 0.4) is 0 Å². The quantitative estimate of drug-likeness (QED) is 0.351. The summed E-state index contributed by atoms with van der Waals surface area (Å²) in [5.74, 6) is 1.95. The fraction of sp³-hybridized carbons (Fsp3) is 0.0741. The first-order valence-electron chi connectivity index (χ1n) is 10.7. The van der Waals surface area contributed by atoms with Crippen LogP contribution in [0.15, 0.2) is 106 Å². The minimum absolute atomic E-state index is 0.456. The Balaban J connectivity index is 1.50. The zero-order valence-electron chi connectivity index (χ0n) is 18.4. The molecule has 168 valence electrons. The zero-order chi connectivity index (χ0) is 23.3. The standard InChI is InChI=1S/C27H21BrN4O2/c1-33-25-15-20(7-10-24(25)34-17-18-5-3-2-4-6-18)26-22-16-21(28)8-9-23(22)30-27(32-31-26)19-11-13-29-14-12-19/h2-16H,17H2,1H3,(H,30,32). The Labute approximate surface area is 206 Å². The lowest BCUT2D eigenvalue weighted by atomic mass is 10.0. The second-order valence-electron chi connectivity index (χ2n) is 7.57. The molecule has 0 radical (unpaired) electrons. The predicted octanol–water partition coefficient (Wildman–Crippen LogP) is 5.87. The number of hydrogen-bond donors (Lipinski definition) is 1. The van der Waals surface area contributed by atoms with Gasteiger partial charge in [-0.25, -0.2) is 4.99 Å². The Bertz CT molecular complexity index is 1370. The van der Waals surface area contributed by atoms with E-state index >= 15 is 0 Å². The number of ether oxygens (including phenoxy) is 2. The lowest BCUT2D eigenvalue weighted by molar-refractivity contribution is 0.284. The molecule has 1 N–H and O–H groups in total. The fourth-order valence-corrected chi connectivity index (χ4v) is 4.00. The van der Waals surface area contributed by atoms with Gasteiger partial charge >= 0.3 is 0 Å². The van der Waals surface area contributed by atoms with Crippen molar-refractivity contribution in [1.82, 2.24) is 10.4 Å². The van der Waals surface area contributed by atoms with Crippen LogP contribution >= 0.6 is 15.9 Å². The number of hydrazone groups is 1. The number of benzene rings is 3. The molecule has 1 aliphatic heterocycles.